The summed E-state index contributed by atoms with van der Waals surface area (Å²) < 4.78 is 0. The molecule has 0 bridgehead atoms. The molecule has 0 aromatic heterocycles. The zero-order valence-electron chi connectivity index (χ0n) is 14.2. The first-order chi connectivity index (χ1) is 10.1. The standard InChI is InChI=1S/C19H32N2/c1-5-20-19(17-12-7-6-8-13-17)16(3)21(4)18-14-10-9-11-15(18)2/h6-8,12-13,15-16,18-20H,5,9-11,14H2,1-4H3. The molecule has 0 radical (unpaired) electrons. The first-order valence-corrected chi connectivity index (χ1v) is 8.65. The van der Waals surface area contributed by atoms with Gasteiger partial charge < -0.3 is 5.32 Å². The van der Waals surface area contributed by atoms with Crippen LogP contribution in [0.5, 0.6) is 0 Å². The Morgan fingerprint density at radius 2 is 1.86 bits per heavy atom. The molecule has 0 heterocycles. The predicted octanol–water partition coefficient (Wildman–Crippen LogP) is 4.24. The highest BCUT2D eigenvalue weighted by molar-refractivity contribution is 5.20. The van der Waals surface area contributed by atoms with Gasteiger partial charge in [-0.05, 0) is 44.8 Å². The van der Waals surface area contributed by atoms with Crippen LogP contribution in [0.2, 0.25) is 0 Å². The van der Waals surface area contributed by atoms with E-state index in [-0.39, 0.29) is 0 Å². The molecule has 1 saturated carbocycles. The fourth-order valence-electron chi connectivity index (χ4n) is 3.89. The van der Waals surface area contributed by atoms with E-state index in [0.717, 1.165) is 18.5 Å². The molecule has 21 heavy (non-hydrogen) atoms. The van der Waals surface area contributed by atoms with Crippen LogP contribution in [0.15, 0.2) is 30.3 Å². The number of benzene rings is 1. The summed E-state index contributed by atoms with van der Waals surface area (Å²) in [6.45, 7) is 8.02. The minimum atomic E-state index is 0.412. The number of nitrogens with one attached hydrogen (secondary N) is 1. The highest BCUT2D eigenvalue weighted by Gasteiger charge is 2.31. The van der Waals surface area contributed by atoms with Gasteiger partial charge in [0, 0.05) is 18.1 Å². The number of nitrogens with zero attached hydrogens (tertiary/aromatic N) is 1. The van der Waals surface area contributed by atoms with Gasteiger partial charge in [0.05, 0.1) is 0 Å². The van der Waals surface area contributed by atoms with Gasteiger partial charge in [-0.3, -0.25) is 4.90 Å². The Labute approximate surface area is 130 Å². The minimum absolute atomic E-state index is 0.412. The number of hydrogen-bond acceptors (Lipinski definition) is 2. The van der Waals surface area contributed by atoms with E-state index in [1.165, 1.54) is 31.2 Å². The van der Waals surface area contributed by atoms with Gasteiger partial charge in [-0.15, -0.1) is 0 Å². The Bertz CT molecular complexity index is 403. The smallest absolute Gasteiger partial charge is 0.0475 e. The van der Waals surface area contributed by atoms with E-state index < -0.39 is 0 Å². The van der Waals surface area contributed by atoms with Crippen LogP contribution in [0, 0.1) is 5.92 Å². The van der Waals surface area contributed by atoms with Crippen LogP contribution in [0.3, 0.4) is 0 Å². The molecule has 0 amide bonds. The maximum atomic E-state index is 3.69. The zero-order chi connectivity index (χ0) is 15.2. The van der Waals surface area contributed by atoms with Gasteiger partial charge in [0.15, 0.2) is 0 Å². The van der Waals surface area contributed by atoms with E-state index in [2.05, 4.69) is 68.4 Å². The van der Waals surface area contributed by atoms with Gasteiger partial charge in [-0.25, -0.2) is 0 Å². The Balaban J connectivity index is 2.12. The summed E-state index contributed by atoms with van der Waals surface area (Å²) in [5.74, 6) is 0.823. The van der Waals surface area contributed by atoms with Crippen LogP contribution >= 0.6 is 0 Å². The molecule has 2 heteroatoms. The third-order valence-electron chi connectivity index (χ3n) is 5.30. The second-order valence-corrected chi connectivity index (χ2v) is 6.68. The van der Waals surface area contributed by atoms with E-state index >= 15 is 0 Å². The molecular weight excluding hydrogens is 256 g/mol. The van der Waals surface area contributed by atoms with Crippen molar-refractivity contribution in [2.24, 2.45) is 5.92 Å². The molecule has 1 aliphatic carbocycles. The average molecular weight is 288 g/mol. The van der Waals surface area contributed by atoms with Gasteiger partial charge in [0.1, 0.15) is 0 Å². The highest BCUT2D eigenvalue weighted by Crippen LogP contribution is 2.31. The van der Waals surface area contributed by atoms with Crippen LogP contribution in [0.1, 0.15) is 58.1 Å². The number of rotatable bonds is 6. The van der Waals surface area contributed by atoms with Crippen molar-refractivity contribution in [1.82, 2.24) is 10.2 Å². The Hall–Kier alpha value is -0.860. The molecule has 4 unspecified atom stereocenters. The Morgan fingerprint density at radius 1 is 1.19 bits per heavy atom. The maximum absolute atomic E-state index is 3.69. The molecule has 0 spiro atoms. The highest BCUT2D eigenvalue weighted by atomic mass is 15.2. The SMILES string of the molecule is CCNC(c1ccccc1)C(C)N(C)C1CCCCC1C. The van der Waals surface area contributed by atoms with E-state index in [1.54, 1.807) is 0 Å². The van der Waals surface area contributed by atoms with Crippen molar-refractivity contribution < 1.29 is 0 Å². The Morgan fingerprint density at radius 3 is 2.48 bits per heavy atom. The molecule has 0 saturated heterocycles. The molecule has 2 rings (SSSR count). The van der Waals surface area contributed by atoms with Crippen molar-refractivity contribution in [3.63, 3.8) is 0 Å². The third kappa shape index (κ3) is 4.08. The van der Waals surface area contributed by atoms with Gasteiger partial charge in [-0.1, -0.05) is 57.0 Å². The fourth-order valence-corrected chi connectivity index (χ4v) is 3.89. The molecular formula is C19H32N2. The lowest BCUT2D eigenvalue weighted by Crippen LogP contribution is -2.49. The van der Waals surface area contributed by atoms with Crippen LogP contribution in [0.4, 0.5) is 0 Å². The summed E-state index contributed by atoms with van der Waals surface area (Å²) >= 11 is 0. The summed E-state index contributed by atoms with van der Waals surface area (Å²) in [7, 11) is 2.32. The summed E-state index contributed by atoms with van der Waals surface area (Å²) in [4.78, 5) is 2.63. The van der Waals surface area contributed by atoms with E-state index in [1.807, 2.05) is 0 Å². The van der Waals surface area contributed by atoms with Crippen molar-refractivity contribution in [3.05, 3.63) is 35.9 Å². The number of likely N-dealkylation sites (N-methyl/N-ethyl adjacent to an activating group) is 2. The lowest BCUT2D eigenvalue weighted by atomic mass is 9.83. The Kier molecular flexibility index (Phi) is 6.25. The predicted molar refractivity (Wildman–Crippen MR) is 91.5 cm³/mol. The number of hydrogen-bond donors (Lipinski definition) is 1. The summed E-state index contributed by atoms with van der Waals surface area (Å²) in [5, 5.41) is 3.69. The fraction of sp³-hybridized carbons (Fsp3) is 0.684. The normalized spacial score (nSPS) is 25.8. The maximum Gasteiger partial charge on any atom is 0.0475 e. The van der Waals surface area contributed by atoms with E-state index in [9.17, 15) is 0 Å². The largest absolute Gasteiger partial charge is 0.309 e. The molecule has 0 aliphatic heterocycles. The minimum Gasteiger partial charge on any atom is -0.309 e. The summed E-state index contributed by atoms with van der Waals surface area (Å²) in [6, 6.07) is 12.6. The molecule has 1 N–H and O–H groups in total. The topological polar surface area (TPSA) is 15.3 Å². The first kappa shape index (κ1) is 16.5. The van der Waals surface area contributed by atoms with Crippen molar-refractivity contribution in [1.29, 1.82) is 0 Å². The van der Waals surface area contributed by atoms with Crippen LogP contribution in [0.25, 0.3) is 0 Å². The van der Waals surface area contributed by atoms with Crippen molar-refractivity contribution in [2.45, 2.75) is 64.6 Å². The molecule has 118 valence electrons. The van der Waals surface area contributed by atoms with Gasteiger partial charge in [0.25, 0.3) is 0 Å². The van der Waals surface area contributed by atoms with E-state index in [4.69, 9.17) is 0 Å². The summed E-state index contributed by atoms with van der Waals surface area (Å²) in [6.07, 6.45) is 5.55. The van der Waals surface area contributed by atoms with E-state index in [0.29, 0.717) is 12.1 Å². The monoisotopic (exact) mass is 288 g/mol. The third-order valence-corrected chi connectivity index (χ3v) is 5.30. The molecule has 1 aromatic rings. The quantitative estimate of drug-likeness (QED) is 0.842. The van der Waals surface area contributed by atoms with Gasteiger partial charge >= 0.3 is 0 Å². The van der Waals surface area contributed by atoms with Crippen LogP contribution in [-0.4, -0.2) is 30.6 Å². The second kappa shape index (κ2) is 7.95. The van der Waals surface area contributed by atoms with Crippen molar-refractivity contribution in [2.75, 3.05) is 13.6 Å². The molecule has 1 fully saturated rings. The van der Waals surface area contributed by atoms with Crippen LogP contribution in [-0.2, 0) is 0 Å². The lowest BCUT2D eigenvalue weighted by molar-refractivity contribution is 0.0849. The molecule has 1 aliphatic rings. The van der Waals surface area contributed by atoms with Gasteiger partial charge in [0.2, 0.25) is 0 Å². The lowest BCUT2D eigenvalue weighted by Gasteiger charge is -2.42. The van der Waals surface area contributed by atoms with Crippen molar-refractivity contribution in [3.8, 4) is 0 Å². The first-order valence-electron chi connectivity index (χ1n) is 8.65. The second-order valence-electron chi connectivity index (χ2n) is 6.68. The van der Waals surface area contributed by atoms with Gasteiger partial charge in [-0.2, -0.15) is 0 Å². The molecule has 1 aromatic carbocycles. The molecule has 4 atom stereocenters. The zero-order valence-corrected chi connectivity index (χ0v) is 14.2. The summed E-state index contributed by atoms with van der Waals surface area (Å²) in [5.41, 5.74) is 1.40. The average Bonchev–Trinajstić information content (AvgIpc) is 2.52. The van der Waals surface area contributed by atoms with Crippen molar-refractivity contribution >= 4 is 0 Å². The van der Waals surface area contributed by atoms with Crippen LogP contribution < -0.4 is 5.32 Å². The molecule has 2 nitrogen and oxygen atoms in total.